The number of hydrogen-bond acceptors (Lipinski definition) is 4. The van der Waals surface area contributed by atoms with Gasteiger partial charge in [0.2, 0.25) is 0 Å². The Morgan fingerprint density at radius 3 is 2.75 bits per heavy atom. The van der Waals surface area contributed by atoms with Crippen molar-refractivity contribution in [3.63, 3.8) is 0 Å². The Morgan fingerprint density at radius 2 is 2.10 bits per heavy atom. The van der Waals surface area contributed by atoms with Gasteiger partial charge in [-0.15, -0.1) is 0 Å². The molecule has 4 nitrogen and oxygen atoms in total. The van der Waals surface area contributed by atoms with Gasteiger partial charge in [0.1, 0.15) is 5.75 Å². The maximum atomic E-state index is 10.4. The molecule has 1 saturated heterocycles. The summed E-state index contributed by atoms with van der Waals surface area (Å²) >= 11 is 0. The monoisotopic (exact) mass is 278 g/mol. The Balaban J connectivity index is 1.91. The highest BCUT2D eigenvalue weighted by molar-refractivity contribution is 5.29. The molecule has 0 radical (unpaired) electrons. The van der Waals surface area contributed by atoms with Crippen LogP contribution in [0.2, 0.25) is 0 Å². The van der Waals surface area contributed by atoms with Gasteiger partial charge < -0.3 is 19.6 Å². The summed E-state index contributed by atoms with van der Waals surface area (Å²) in [5.41, 5.74) is 0.920. The van der Waals surface area contributed by atoms with Crippen LogP contribution in [0.15, 0.2) is 24.3 Å². The van der Waals surface area contributed by atoms with E-state index in [-0.39, 0.29) is 0 Å². The van der Waals surface area contributed by atoms with Gasteiger partial charge in [0, 0.05) is 12.6 Å². The van der Waals surface area contributed by atoms with Crippen LogP contribution in [0, 0.1) is 0 Å². The SMILES string of the molecule is COc1cccc(C(O)CN(C)C2CCN(C)CC2)c1. The molecule has 4 heteroatoms. The van der Waals surface area contributed by atoms with Gasteiger partial charge in [0.25, 0.3) is 0 Å². The number of methoxy groups -OCH3 is 1. The molecule has 1 heterocycles. The molecule has 112 valence electrons. The first kappa shape index (κ1) is 15.3. The van der Waals surface area contributed by atoms with Gasteiger partial charge in [-0.2, -0.15) is 0 Å². The average Bonchev–Trinajstić information content (AvgIpc) is 2.47. The molecular weight excluding hydrogens is 252 g/mol. The second-order valence-electron chi connectivity index (χ2n) is 5.77. The predicted molar refractivity (Wildman–Crippen MR) is 81.1 cm³/mol. The Bertz CT molecular complexity index is 417. The first-order valence-electron chi connectivity index (χ1n) is 7.31. The van der Waals surface area contributed by atoms with E-state index >= 15 is 0 Å². The van der Waals surface area contributed by atoms with Gasteiger partial charge in [-0.1, -0.05) is 12.1 Å². The number of benzene rings is 1. The molecule has 1 aliphatic heterocycles. The van der Waals surface area contributed by atoms with E-state index in [0.717, 1.165) is 24.4 Å². The van der Waals surface area contributed by atoms with Gasteiger partial charge in [0.15, 0.2) is 0 Å². The molecule has 1 atom stereocenters. The summed E-state index contributed by atoms with van der Waals surface area (Å²) in [5, 5.41) is 10.4. The first-order valence-corrected chi connectivity index (χ1v) is 7.31. The van der Waals surface area contributed by atoms with Crippen LogP contribution in [0.5, 0.6) is 5.75 Å². The minimum atomic E-state index is -0.463. The molecule has 0 aromatic heterocycles. The Hall–Kier alpha value is -1.10. The van der Waals surface area contributed by atoms with Crippen LogP contribution in [-0.4, -0.2) is 61.8 Å². The van der Waals surface area contributed by atoms with Crippen LogP contribution >= 0.6 is 0 Å². The molecule has 1 aliphatic rings. The van der Waals surface area contributed by atoms with E-state index in [1.165, 1.54) is 12.8 Å². The van der Waals surface area contributed by atoms with Gasteiger partial charge >= 0.3 is 0 Å². The molecule has 1 aromatic rings. The number of aliphatic hydroxyl groups is 1. The summed E-state index contributed by atoms with van der Waals surface area (Å²) < 4.78 is 5.21. The normalized spacial score (nSPS) is 19.2. The maximum Gasteiger partial charge on any atom is 0.119 e. The molecule has 1 aromatic carbocycles. The lowest BCUT2D eigenvalue weighted by atomic mass is 10.0. The highest BCUT2D eigenvalue weighted by Crippen LogP contribution is 2.22. The third-order valence-corrected chi connectivity index (χ3v) is 4.25. The fourth-order valence-electron chi connectivity index (χ4n) is 2.81. The number of hydrogen-bond donors (Lipinski definition) is 1. The summed E-state index contributed by atoms with van der Waals surface area (Å²) in [6.45, 7) is 2.95. The third-order valence-electron chi connectivity index (χ3n) is 4.25. The molecule has 0 aliphatic carbocycles. The quantitative estimate of drug-likeness (QED) is 0.890. The van der Waals surface area contributed by atoms with Crippen LogP contribution < -0.4 is 4.74 Å². The Morgan fingerprint density at radius 1 is 1.40 bits per heavy atom. The maximum absolute atomic E-state index is 10.4. The van der Waals surface area contributed by atoms with E-state index in [1.54, 1.807) is 7.11 Å². The summed E-state index contributed by atoms with van der Waals surface area (Å²) in [6.07, 6.45) is 1.89. The van der Waals surface area contributed by atoms with Crippen molar-refractivity contribution in [3.05, 3.63) is 29.8 Å². The minimum Gasteiger partial charge on any atom is -0.497 e. The highest BCUT2D eigenvalue weighted by Gasteiger charge is 2.22. The molecule has 20 heavy (non-hydrogen) atoms. The molecule has 1 unspecified atom stereocenters. The van der Waals surface area contributed by atoms with Crippen LogP contribution in [0.3, 0.4) is 0 Å². The van der Waals surface area contributed by atoms with Crippen molar-refractivity contribution >= 4 is 0 Å². The van der Waals surface area contributed by atoms with Crippen molar-refractivity contribution in [1.29, 1.82) is 0 Å². The molecule has 0 spiro atoms. The fourth-order valence-corrected chi connectivity index (χ4v) is 2.81. The van der Waals surface area contributed by atoms with Crippen molar-refractivity contribution in [2.75, 3.05) is 40.8 Å². The summed E-state index contributed by atoms with van der Waals surface area (Å²) in [6, 6.07) is 8.26. The van der Waals surface area contributed by atoms with Crippen molar-refractivity contribution in [3.8, 4) is 5.75 Å². The lowest BCUT2D eigenvalue weighted by Crippen LogP contribution is -2.43. The zero-order valence-electron chi connectivity index (χ0n) is 12.7. The topological polar surface area (TPSA) is 35.9 Å². The number of rotatable bonds is 5. The number of ether oxygens (including phenoxy) is 1. The molecular formula is C16H26N2O2. The number of likely N-dealkylation sites (N-methyl/N-ethyl adjacent to an activating group) is 1. The second kappa shape index (κ2) is 7.07. The van der Waals surface area contributed by atoms with Crippen molar-refractivity contribution in [2.45, 2.75) is 25.0 Å². The molecule has 0 bridgehead atoms. The van der Waals surface area contributed by atoms with Crippen LogP contribution in [0.25, 0.3) is 0 Å². The summed E-state index contributed by atoms with van der Waals surface area (Å²) in [7, 11) is 5.93. The van der Waals surface area contributed by atoms with Crippen LogP contribution in [-0.2, 0) is 0 Å². The van der Waals surface area contributed by atoms with Crippen molar-refractivity contribution < 1.29 is 9.84 Å². The van der Waals surface area contributed by atoms with Crippen LogP contribution in [0.4, 0.5) is 0 Å². The van der Waals surface area contributed by atoms with Gasteiger partial charge in [0.05, 0.1) is 13.2 Å². The number of aliphatic hydroxyl groups excluding tert-OH is 1. The minimum absolute atomic E-state index is 0.463. The molecule has 1 fully saturated rings. The lowest BCUT2D eigenvalue weighted by Gasteiger charge is -2.36. The van der Waals surface area contributed by atoms with E-state index in [4.69, 9.17) is 4.74 Å². The Kier molecular flexibility index (Phi) is 5.40. The summed E-state index contributed by atoms with van der Waals surface area (Å²) in [5.74, 6) is 0.795. The van der Waals surface area contributed by atoms with E-state index in [0.29, 0.717) is 12.6 Å². The van der Waals surface area contributed by atoms with Crippen molar-refractivity contribution in [1.82, 2.24) is 9.80 Å². The number of piperidine rings is 1. The number of nitrogens with zero attached hydrogens (tertiary/aromatic N) is 2. The predicted octanol–water partition coefficient (Wildman–Crippen LogP) is 1.75. The fraction of sp³-hybridized carbons (Fsp3) is 0.625. The van der Waals surface area contributed by atoms with Crippen molar-refractivity contribution in [2.24, 2.45) is 0 Å². The number of likely N-dealkylation sites (tertiary alicyclic amines) is 1. The largest absolute Gasteiger partial charge is 0.497 e. The smallest absolute Gasteiger partial charge is 0.119 e. The lowest BCUT2D eigenvalue weighted by molar-refractivity contribution is 0.0787. The van der Waals surface area contributed by atoms with Gasteiger partial charge in [-0.05, 0) is 57.7 Å². The van der Waals surface area contributed by atoms with E-state index in [1.807, 2.05) is 24.3 Å². The highest BCUT2D eigenvalue weighted by atomic mass is 16.5. The zero-order valence-corrected chi connectivity index (χ0v) is 12.7. The van der Waals surface area contributed by atoms with Crippen LogP contribution in [0.1, 0.15) is 24.5 Å². The first-order chi connectivity index (χ1) is 9.60. The van der Waals surface area contributed by atoms with Gasteiger partial charge in [-0.3, -0.25) is 0 Å². The average molecular weight is 278 g/mol. The van der Waals surface area contributed by atoms with Gasteiger partial charge in [-0.25, -0.2) is 0 Å². The third kappa shape index (κ3) is 3.95. The molecule has 2 rings (SSSR count). The van der Waals surface area contributed by atoms with E-state index in [9.17, 15) is 5.11 Å². The zero-order chi connectivity index (χ0) is 14.5. The second-order valence-corrected chi connectivity index (χ2v) is 5.77. The summed E-state index contributed by atoms with van der Waals surface area (Å²) in [4.78, 5) is 4.65. The molecule has 0 saturated carbocycles. The van der Waals surface area contributed by atoms with E-state index < -0.39 is 6.10 Å². The Labute approximate surface area is 122 Å². The van der Waals surface area contributed by atoms with E-state index in [2.05, 4.69) is 23.9 Å². The molecule has 1 N–H and O–H groups in total. The molecule has 0 amide bonds. The standard InChI is InChI=1S/C16H26N2O2/c1-17-9-7-14(8-10-17)18(2)12-16(19)13-5-4-6-15(11-13)20-3/h4-6,11,14,16,19H,7-10,12H2,1-3H3.